The van der Waals surface area contributed by atoms with E-state index in [2.05, 4.69) is 95.8 Å². The fourth-order valence-electron chi connectivity index (χ4n) is 7.93. The summed E-state index contributed by atoms with van der Waals surface area (Å²) in [6.07, 6.45) is 18.4. The summed E-state index contributed by atoms with van der Waals surface area (Å²) in [4.78, 5) is 13.9. The van der Waals surface area contributed by atoms with Crippen LogP contribution in [0.3, 0.4) is 0 Å². The van der Waals surface area contributed by atoms with Gasteiger partial charge in [0.05, 0.1) is 10.9 Å². The van der Waals surface area contributed by atoms with Gasteiger partial charge in [-0.3, -0.25) is 4.79 Å². The lowest BCUT2D eigenvalue weighted by Crippen LogP contribution is -2.32. The number of benzene rings is 4. The highest BCUT2D eigenvalue weighted by atomic mass is 16.3. The number of rotatable bonds is 16. The first-order chi connectivity index (χ1) is 23.6. The number of aromatic nitrogens is 1. The molecule has 0 amide bonds. The zero-order chi connectivity index (χ0) is 33.0. The lowest BCUT2D eigenvalue weighted by atomic mass is 9.86. The number of hydrogen-bond donors (Lipinski definition) is 0. The van der Waals surface area contributed by atoms with Crippen LogP contribution in [0.2, 0.25) is 0 Å². The van der Waals surface area contributed by atoms with Crippen LogP contribution in [0.1, 0.15) is 96.5 Å². The van der Waals surface area contributed by atoms with Gasteiger partial charge in [0.1, 0.15) is 6.54 Å². The normalized spacial score (nSPS) is 15.8. The van der Waals surface area contributed by atoms with E-state index in [4.69, 9.17) is 0 Å². The molecule has 0 N–H and O–H groups in total. The van der Waals surface area contributed by atoms with Crippen molar-refractivity contribution in [2.75, 3.05) is 6.54 Å². The van der Waals surface area contributed by atoms with Gasteiger partial charge in [-0.05, 0) is 41.8 Å². The highest BCUT2D eigenvalue weighted by molar-refractivity contribution is 6.29. The molecule has 0 spiro atoms. The zero-order valence-corrected chi connectivity index (χ0v) is 28.7. The largest absolute Gasteiger partial charge is 0.871 e. The molecule has 2 heterocycles. The summed E-state index contributed by atoms with van der Waals surface area (Å²) in [5, 5.41) is 20.8. The van der Waals surface area contributed by atoms with Crippen molar-refractivity contribution >= 4 is 55.7 Å². The van der Waals surface area contributed by atoms with Crippen molar-refractivity contribution in [1.82, 2.24) is 4.57 Å². The minimum Gasteiger partial charge on any atom is -0.871 e. The second kappa shape index (κ2) is 14.4. The predicted molar refractivity (Wildman–Crippen MR) is 199 cm³/mol. The molecule has 246 valence electrons. The van der Waals surface area contributed by atoms with Gasteiger partial charge in [-0.1, -0.05) is 132 Å². The fraction of sp³-hybridized carbons (Fsp3) is 0.364. The Kier molecular flexibility index (Phi) is 9.61. The average molecular weight is 637 g/mol. The minimum absolute atomic E-state index is 0.148. The Morgan fingerprint density at radius 1 is 0.688 bits per heavy atom. The van der Waals surface area contributed by atoms with Gasteiger partial charge in [-0.25, -0.2) is 0 Å². The van der Waals surface area contributed by atoms with E-state index in [0.29, 0.717) is 11.1 Å². The molecule has 0 saturated heterocycles. The van der Waals surface area contributed by atoms with Crippen LogP contribution >= 0.6 is 0 Å². The summed E-state index contributed by atoms with van der Waals surface area (Å²) in [5.41, 5.74) is 5.03. The third kappa shape index (κ3) is 5.91. The lowest BCUT2D eigenvalue weighted by Gasteiger charge is -2.28. The topological polar surface area (TPSA) is 48.1 Å². The molecule has 1 aliphatic carbocycles. The molecule has 0 saturated carbocycles. The van der Waals surface area contributed by atoms with Gasteiger partial charge in [-0.15, -0.1) is 0 Å². The number of carbonyl (C=O) groups is 1. The third-order valence-electron chi connectivity index (χ3n) is 10.5. The minimum atomic E-state index is -0.148. The summed E-state index contributed by atoms with van der Waals surface area (Å²) in [7, 11) is 0. The second-order valence-electron chi connectivity index (χ2n) is 13.7. The highest BCUT2D eigenvalue weighted by Crippen LogP contribution is 2.38. The van der Waals surface area contributed by atoms with Crippen molar-refractivity contribution in [2.24, 2.45) is 0 Å². The van der Waals surface area contributed by atoms with E-state index in [1.54, 1.807) is 0 Å². The number of allylic oxidation sites excluding steroid dienone is 3. The number of ketones is 1. The van der Waals surface area contributed by atoms with Gasteiger partial charge in [0.25, 0.3) is 0 Å². The Hall–Kier alpha value is -4.44. The predicted octanol–water partition coefficient (Wildman–Crippen LogP) is 9.44. The van der Waals surface area contributed by atoms with Crippen LogP contribution in [0.15, 0.2) is 95.8 Å². The van der Waals surface area contributed by atoms with Crippen LogP contribution in [0.4, 0.5) is 5.69 Å². The number of hydrogen-bond acceptors (Lipinski definition) is 2. The Bertz CT molecular complexity index is 2130. The highest BCUT2D eigenvalue weighted by Gasteiger charge is 2.34. The summed E-state index contributed by atoms with van der Waals surface area (Å²) in [6.45, 7) is 6.24. The number of Topliss-reactive ketones (excluding diaryl/α,β-unsaturated/α-hetero) is 1. The maximum Gasteiger partial charge on any atom is 0.214 e. The van der Waals surface area contributed by atoms with Crippen molar-refractivity contribution in [2.45, 2.75) is 97.4 Å². The molecule has 0 radical (unpaired) electrons. The van der Waals surface area contributed by atoms with Crippen molar-refractivity contribution in [1.29, 1.82) is 0 Å². The van der Waals surface area contributed by atoms with Crippen molar-refractivity contribution in [3.63, 3.8) is 0 Å². The van der Waals surface area contributed by atoms with Crippen molar-refractivity contribution in [3.8, 4) is 0 Å². The summed E-state index contributed by atoms with van der Waals surface area (Å²) < 4.78 is 4.69. The smallest absolute Gasteiger partial charge is 0.214 e. The lowest BCUT2D eigenvalue weighted by molar-refractivity contribution is -0.436. The van der Waals surface area contributed by atoms with E-state index in [-0.39, 0.29) is 11.5 Å². The van der Waals surface area contributed by atoms with E-state index in [9.17, 15) is 9.90 Å². The molecule has 0 fully saturated rings. The van der Waals surface area contributed by atoms with Gasteiger partial charge < -0.3 is 9.67 Å². The summed E-state index contributed by atoms with van der Waals surface area (Å²) in [5.74, 6) is -0.296. The van der Waals surface area contributed by atoms with Crippen molar-refractivity contribution in [3.05, 3.63) is 107 Å². The molecule has 48 heavy (non-hydrogen) atoms. The van der Waals surface area contributed by atoms with Gasteiger partial charge in [0.2, 0.25) is 11.4 Å². The molecule has 4 nitrogen and oxygen atoms in total. The molecular weight excluding hydrogens is 588 g/mol. The molecule has 2 aliphatic rings. The summed E-state index contributed by atoms with van der Waals surface area (Å²) >= 11 is 0. The SMILES string of the molecule is CCCCCCCCn1/c(=C/C2=C([O-])C(=C\C3=[N+](CCCCCCCC)c4cccc5cccc3c45)/C2=O)c2cccc3cccc1c32. The number of carbonyl (C=O) groups excluding carboxylic acids is 1. The van der Waals surface area contributed by atoms with Crippen LogP contribution in [-0.4, -0.2) is 27.2 Å². The van der Waals surface area contributed by atoms with Crippen LogP contribution in [0, 0.1) is 0 Å². The van der Waals surface area contributed by atoms with Gasteiger partial charge in [0.15, 0.2) is 5.78 Å². The average Bonchev–Trinajstić information content (AvgIpc) is 3.59. The molecule has 1 aromatic heterocycles. The quantitative estimate of drug-likeness (QED) is 0.0615. The van der Waals surface area contributed by atoms with Gasteiger partial charge >= 0.3 is 0 Å². The zero-order valence-electron chi connectivity index (χ0n) is 28.7. The third-order valence-corrected chi connectivity index (χ3v) is 10.5. The van der Waals surface area contributed by atoms with Crippen LogP contribution in [0.5, 0.6) is 0 Å². The van der Waals surface area contributed by atoms with Gasteiger partial charge in [0, 0.05) is 57.9 Å². The first-order valence-electron chi connectivity index (χ1n) is 18.5. The van der Waals surface area contributed by atoms with Crippen molar-refractivity contribution < 1.29 is 14.5 Å². The van der Waals surface area contributed by atoms with Crippen LogP contribution in [0.25, 0.3) is 38.5 Å². The van der Waals surface area contributed by atoms with Crippen LogP contribution in [-0.2, 0) is 11.3 Å². The number of nitrogens with zero attached hydrogens (tertiary/aromatic N) is 2. The molecule has 5 aromatic rings. The fourth-order valence-corrected chi connectivity index (χ4v) is 7.93. The molecule has 4 heteroatoms. The Balaban J connectivity index is 1.25. The number of unbranched alkanes of at least 4 members (excludes halogenated alkanes) is 10. The molecule has 4 aromatic carbocycles. The Morgan fingerprint density at radius 2 is 1.31 bits per heavy atom. The standard InChI is InChI=1S/C44H48N2O2/c1-3-5-7-9-11-13-27-45-37-25-17-21-31-19-15-23-33(41(31)37)39(45)29-35-43(47)36(44(35)48)30-40-34-24-16-20-32-22-18-26-38(42(32)34)46(40)28-14-12-10-8-6-4-2/h15-26,29-30H,3-14,27-28H2,1-2H3. The molecule has 0 bridgehead atoms. The van der Waals surface area contributed by atoms with E-state index in [0.717, 1.165) is 47.9 Å². The maximum atomic E-state index is 13.9. The second-order valence-corrected chi connectivity index (χ2v) is 13.7. The van der Waals surface area contributed by atoms with E-state index < -0.39 is 0 Å². The monoisotopic (exact) mass is 636 g/mol. The Morgan fingerprint density at radius 3 is 2.04 bits per heavy atom. The molecule has 0 unspecified atom stereocenters. The number of aryl methyl sites for hydroxylation is 1. The first kappa shape index (κ1) is 32.1. The molecule has 0 atom stereocenters. The van der Waals surface area contributed by atoms with E-state index >= 15 is 0 Å². The van der Waals surface area contributed by atoms with E-state index in [1.165, 1.54) is 97.0 Å². The van der Waals surface area contributed by atoms with Crippen LogP contribution < -0.4 is 10.5 Å². The summed E-state index contributed by atoms with van der Waals surface area (Å²) in [6, 6.07) is 25.6. The van der Waals surface area contributed by atoms with E-state index in [1.807, 2.05) is 12.2 Å². The maximum absolute atomic E-state index is 13.9. The van der Waals surface area contributed by atoms with Gasteiger partial charge in [-0.2, -0.15) is 4.58 Å². The first-order valence-corrected chi connectivity index (χ1v) is 18.5. The Labute approximate surface area is 284 Å². The molecule has 7 rings (SSSR count). The molecular formula is C44H48N2O2. The molecule has 1 aliphatic heterocycles.